The lowest BCUT2D eigenvalue weighted by molar-refractivity contribution is -0.195. The molecule has 3 rings (SSSR count). The fourth-order valence-corrected chi connectivity index (χ4v) is 4.22. The van der Waals surface area contributed by atoms with Crippen LogP contribution in [0, 0.1) is 23.2 Å². The zero-order chi connectivity index (χ0) is 15.0. The minimum absolute atomic E-state index is 0.129. The molecule has 2 aliphatic carbocycles. The summed E-state index contributed by atoms with van der Waals surface area (Å²) in [6.07, 6.45) is 2.87. The van der Waals surface area contributed by atoms with Gasteiger partial charge >= 0.3 is 11.9 Å². The Morgan fingerprint density at radius 1 is 1.29 bits per heavy atom. The van der Waals surface area contributed by atoms with Gasteiger partial charge in [-0.15, -0.1) is 0 Å². The summed E-state index contributed by atoms with van der Waals surface area (Å²) in [6, 6.07) is 9.47. The average Bonchev–Trinajstić information content (AvgIpc) is 2.90. The Morgan fingerprint density at radius 3 is 2.67 bits per heavy atom. The number of ether oxygens (including phenoxy) is 1. The maximum atomic E-state index is 12.4. The Balaban J connectivity index is 1.70. The van der Waals surface area contributed by atoms with E-state index in [2.05, 4.69) is 0 Å². The fourth-order valence-electron chi connectivity index (χ4n) is 4.22. The smallest absolute Gasteiger partial charge is 0.310 e. The van der Waals surface area contributed by atoms with Crippen molar-refractivity contribution in [2.24, 2.45) is 23.2 Å². The van der Waals surface area contributed by atoms with Gasteiger partial charge in [-0.3, -0.25) is 9.59 Å². The second-order valence-electron chi connectivity index (χ2n) is 6.36. The maximum absolute atomic E-state index is 12.4. The second kappa shape index (κ2) is 5.17. The SMILES string of the molecule is CC1(C(=O)O)C2CCCC2C1C(=O)OCc1ccccc1. The molecule has 1 aromatic rings. The first-order chi connectivity index (χ1) is 10.0. The van der Waals surface area contributed by atoms with Crippen LogP contribution >= 0.6 is 0 Å². The van der Waals surface area contributed by atoms with Gasteiger partial charge in [0.05, 0.1) is 11.3 Å². The van der Waals surface area contributed by atoms with Crippen LogP contribution in [0.4, 0.5) is 0 Å². The second-order valence-corrected chi connectivity index (χ2v) is 6.36. The van der Waals surface area contributed by atoms with Crippen LogP contribution in [0.1, 0.15) is 31.7 Å². The third kappa shape index (κ3) is 2.13. The van der Waals surface area contributed by atoms with E-state index < -0.39 is 17.3 Å². The van der Waals surface area contributed by atoms with Gasteiger partial charge < -0.3 is 9.84 Å². The first-order valence-corrected chi connectivity index (χ1v) is 7.49. The van der Waals surface area contributed by atoms with Crippen LogP contribution in [0.2, 0.25) is 0 Å². The minimum atomic E-state index is -0.949. The van der Waals surface area contributed by atoms with Crippen LogP contribution in [0.25, 0.3) is 0 Å². The zero-order valence-electron chi connectivity index (χ0n) is 12.1. The normalized spacial score (nSPS) is 33.9. The number of aliphatic carboxylic acids is 1. The van der Waals surface area contributed by atoms with E-state index in [0.29, 0.717) is 0 Å². The Morgan fingerprint density at radius 2 is 2.00 bits per heavy atom. The highest BCUT2D eigenvalue weighted by molar-refractivity contribution is 5.87. The highest BCUT2D eigenvalue weighted by Gasteiger charge is 2.67. The predicted octanol–water partition coefficient (Wildman–Crippen LogP) is 2.87. The minimum Gasteiger partial charge on any atom is -0.481 e. The molecule has 0 radical (unpaired) electrons. The summed E-state index contributed by atoms with van der Waals surface area (Å²) in [4.78, 5) is 24.0. The number of rotatable bonds is 4. The Labute approximate surface area is 124 Å². The Hall–Kier alpha value is -1.84. The summed E-state index contributed by atoms with van der Waals surface area (Å²) in [5, 5.41) is 9.54. The summed E-state index contributed by atoms with van der Waals surface area (Å²) in [5.74, 6) is -1.40. The van der Waals surface area contributed by atoms with Crippen molar-refractivity contribution in [3.63, 3.8) is 0 Å². The molecule has 0 bridgehead atoms. The molecule has 0 saturated heterocycles. The van der Waals surface area contributed by atoms with Gasteiger partial charge in [-0.25, -0.2) is 0 Å². The van der Waals surface area contributed by atoms with Crippen LogP contribution in [0.3, 0.4) is 0 Å². The number of carbonyl (C=O) groups is 2. The number of fused-ring (bicyclic) bond motifs is 1. The van der Waals surface area contributed by atoms with Crippen LogP contribution in [0.5, 0.6) is 0 Å². The third-order valence-electron chi connectivity index (χ3n) is 5.35. The van der Waals surface area contributed by atoms with Crippen LogP contribution in [-0.4, -0.2) is 17.0 Å². The van der Waals surface area contributed by atoms with Crippen LogP contribution < -0.4 is 0 Å². The molecule has 0 aromatic heterocycles. The number of benzene rings is 1. The maximum Gasteiger partial charge on any atom is 0.310 e. The summed E-state index contributed by atoms with van der Waals surface area (Å²) in [5.41, 5.74) is -0.0280. The molecule has 0 amide bonds. The van der Waals surface area contributed by atoms with Crippen molar-refractivity contribution < 1.29 is 19.4 Å². The molecular formula is C17H20O4. The molecule has 1 N–H and O–H groups in total. The number of carbonyl (C=O) groups excluding carboxylic acids is 1. The summed E-state index contributed by atoms with van der Waals surface area (Å²) >= 11 is 0. The lowest BCUT2D eigenvalue weighted by Gasteiger charge is -2.53. The lowest BCUT2D eigenvalue weighted by atomic mass is 9.48. The first kappa shape index (κ1) is 14.1. The zero-order valence-corrected chi connectivity index (χ0v) is 12.1. The van der Waals surface area contributed by atoms with Crippen molar-refractivity contribution in [1.82, 2.24) is 0 Å². The fraction of sp³-hybridized carbons (Fsp3) is 0.529. The van der Waals surface area contributed by atoms with E-state index in [1.807, 2.05) is 30.3 Å². The largest absolute Gasteiger partial charge is 0.481 e. The van der Waals surface area contributed by atoms with E-state index >= 15 is 0 Å². The summed E-state index contributed by atoms with van der Waals surface area (Å²) < 4.78 is 5.38. The number of carboxylic acid groups (broad SMARTS) is 1. The van der Waals surface area contributed by atoms with E-state index in [-0.39, 0.29) is 24.4 Å². The quantitative estimate of drug-likeness (QED) is 0.865. The van der Waals surface area contributed by atoms with Crippen molar-refractivity contribution in [2.45, 2.75) is 32.8 Å². The van der Waals surface area contributed by atoms with Crippen molar-refractivity contribution >= 4 is 11.9 Å². The highest BCUT2D eigenvalue weighted by atomic mass is 16.5. The monoisotopic (exact) mass is 288 g/mol. The van der Waals surface area contributed by atoms with Gasteiger partial charge in [0.15, 0.2) is 0 Å². The molecule has 2 aliphatic rings. The van der Waals surface area contributed by atoms with E-state index in [1.165, 1.54) is 0 Å². The lowest BCUT2D eigenvalue weighted by Crippen LogP contribution is -2.60. The van der Waals surface area contributed by atoms with Gasteiger partial charge in [-0.1, -0.05) is 36.8 Å². The number of hydrogen-bond acceptors (Lipinski definition) is 3. The van der Waals surface area contributed by atoms with Crippen LogP contribution in [-0.2, 0) is 20.9 Å². The van der Waals surface area contributed by atoms with E-state index in [4.69, 9.17) is 4.74 Å². The number of hydrogen-bond donors (Lipinski definition) is 1. The number of esters is 1. The molecule has 4 atom stereocenters. The van der Waals surface area contributed by atoms with Gasteiger partial charge in [-0.2, -0.15) is 0 Å². The molecule has 4 nitrogen and oxygen atoms in total. The first-order valence-electron chi connectivity index (χ1n) is 7.49. The Kier molecular flexibility index (Phi) is 3.47. The van der Waals surface area contributed by atoms with E-state index in [9.17, 15) is 14.7 Å². The molecule has 2 saturated carbocycles. The van der Waals surface area contributed by atoms with E-state index in [1.54, 1.807) is 6.92 Å². The molecule has 112 valence electrons. The highest BCUT2D eigenvalue weighted by Crippen LogP contribution is 2.63. The Bertz CT molecular complexity index is 553. The van der Waals surface area contributed by atoms with Crippen molar-refractivity contribution in [2.75, 3.05) is 0 Å². The van der Waals surface area contributed by atoms with Crippen molar-refractivity contribution in [3.8, 4) is 0 Å². The van der Waals surface area contributed by atoms with Gasteiger partial charge in [0.2, 0.25) is 0 Å². The molecule has 0 spiro atoms. The summed E-state index contributed by atoms with van der Waals surface area (Å²) in [7, 11) is 0. The molecule has 0 aliphatic heterocycles. The van der Waals surface area contributed by atoms with E-state index in [0.717, 1.165) is 24.8 Å². The predicted molar refractivity (Wildman–Crippen MR) is 76.3 cm³/mol. The third-order valence-corrected chi connectivity index (χ3v) is 5.35. The standard InChI is InChI=1S/C17H20O4/c1-17(16(19)20)13-9-5-8-12(13)14(17)15(18)21-10-11-6-3-2-4-7-11/h2-4,6-7,12-14H,5,8-10H2,1H3,(H,19,20). The average molecular weight is 288 g/mol. The topological polar surface area (TPSA) is 63.6 Å². The molecule has 2 fully saturated rings. The number of carboxylic acids is 1. The summed E-state index contributed by atoms with van der Waals surface area (Å²) in [6.45, 7) is 1.92. The van der Waals surface area contributed by atoms with Crippen molar-refractivity contribution in [1.29, 1.82) is 0 Å². The molecule has 0 heterocycles. The molecule has 1 aromatic carbocycles. The molecular weight excluding hydrogens is 268 g/mol. The molecule has 4 unspecified atom stereocenters. The van der Waals surface area contributed by atoms with Crippen molar-refractivity contribution in [3.05, 3.63) is 35.9 Å². The van der Waals surface area contributed by atoms with Gasteiger partial charge in [0.1, 0.15) is 6.61 Å². The molecule has 21 heavy (non-hydrogen) atoms. The van der Waals surface area contributed by atoms with Gasteiger partial charge in [-0.05, 0) is 37.2 Å². The molecule has 4 heteroatoms. The van der Waals surface area contributed by atoms with Crippen LogP contribution in [0.15, 0.2) is 30.3 Å². The van der Waals surface area contributed by atoms with Gasteiger partial charge in [0.25, 0.3) is 0 Å². The van der Waals surface area contributed by atoms with Gasteiger partial charge in [0, 0.05) is 0 Å².